The highest BCUT2D eigenvalue weighted by Crippen LogP contribution is 2.34. The van der Waals surface area contributed by atoms with Gasteiger partial charge in [0.2, 0.25) is 5.91 Å². The van der Waals surface area contributed by atoms with Crippen LogP contribution in [0.4, 0.5) is 5.69 Å². The molecule has 0 aliphatic carbocycles. The number of rotatable bonds is 5. The monoisotopic (exact) mass is 409 g/mol. The number of benzene rings is 3. The predicted octanol–water partition coefficient (Wildman–Crippen LogP) is 4.75. The van der Waals surface area contributed by atoms with Crippen molar-refractivity contribution in [3.8, 4) is 0 Å². The van der Waals surface area contributed by atoms with Crippen LogP contribution in [-0.4, -0.2) is 27.8 Å². The minimum atomic E-state index is -0.0666. The number of anilines is 1. The standard InChI is InChI=1S/C26H23N3O2/c1-18-9-5-7-13-22(18)28-16-20(15-25(28)31)26-27-21-12-6-8-14-23(21)29(26)17-24(30)19-10-3-2-4-11-19/h2-14,20H,15-17H2,1H3/t20-/m1/s1. The Balaban J connectivity index is 1.52. The van der Waals surface area contributed by atoms with Crippen LogP contribution in [0.25, 0.3) is 11.0 Å². The van der Waals surface area contributed by atoms with Crippen molar-refractivity contribution in [1.29, 1.82) is 0 Å². The summed E-state index contributed by atoms with van der Waals surface area (Å²) in [4.78, 5) is 32.6. The number of amides is 1. The first kappa shape index (κ1) is 19.2. The lowest BCUT2D eigenvalue weighted by Gasteiger charge is -2.19. The maximum Gasteiger partial charge on any atom is 0.227 e. The summed E-state index contributed by atoms with van der Waals surface area (Å²) in [6.45, 7) is 2.78. The number of para-hydroxylation sites is 3. The van der Waals surface area contributed by atoms with E-state index in [9.17, 15) is 9.59 Å². The summed E-state index contributed by atoms with van der Waals surface area (Å²) in [5.41, 5.74) is 4.46. The largest absolute Gasteiger partial charge is 0.320 e. The zero-order chi connectivity index (χ0) is 21.4. The molecule has 1 aliphatic rings. The smallest absolute Gasteiger partial charge is 0.227 e. The van der Waals surface area contributed by atoms with Crippen molar-refractivity contribution in [1.82, 2.24) is 9.55 Å². The Morgan fingerprint density at radius 3 is 2.48 bits per heavy atom. The van der Waals surface area contributed by atoms with Crippen LogP contribution in [0, 0.1) is 6.92 Å². The molecule has 0 N–H and O–H groups in total. The van der Waals surface area contributed by atoms with Gasteiger partial charge in [0.15, 0.2) is 5.78 Å². The van der Waals surface area contributed by atoms with Crippen LogP contribution in [0.1, 0.15) is 34.1 Å². The van der Waals surface area contributed by atoms with Gasteiger partial charge >= 0.3 is 0 Å². The van der Waals surface area contributed by atoms with Crippen molar-refractivity contribution in [3.63, 3.8) is 0 Å². The molecule has 5 nitrogen and oxygen atoms in total. The normalized spacial score (nSPS) is 16.2. The lowest BCUT2D eigenvalue weighted by molar-refractivity contribution is -0.117. The minimum Gasteiger partial charge on any atom is -0.320 e. The second-order valence-electron chi connectivity index (χ2n) is 8.03. The number of hydrogen-bond donors (Lipinski definition) is 0. The Hall–Kier alpha value is -3.73. The number of aromatic nitrogens is 2. The van der Waals surface area contributed by atoms with Gasteiger partial charge in [0.25, 0.3) is 0 Å². The maximum atomic E-state index is 13.0. The van der Waals surface area contributed by atoms with Gasteiger partial charge in [-0.15, -0.1) is 0 Å². The number of nitrogens with zero attached hydrogens (tertiary/aromatic N) is 3. The molecule has 0 spiro atoms. The highest BCUT2D eigenvalue weighted by molar-refractivity contribution is 5.98. The molecule has 1 amide bonds. The molecule has 154 valence electrons. The van der Waals surface area contributed by atoms with E-state index in [0.717, 1.165) is 28.1 Å². The van der Waals surface area contributed by atoms with E-state index in [1.165, 1.54) is 0 Å². The Kier molecular flexibility index (Phi) is 4.86. The summed E-state index contributed by atoms with van der Waals surface area (Å²) >= 11 is 0. The third-order valence-corrected chi connectivity index (χ3v) is 5.98. The van der Waals surface area contributed by atoms with E-state index >= 15 is 0 Å². The average Bonchev–Trinajstić information content (AvgIpc) is 3.35. The number of Topliss-reactive ketones (excluding diaryl/α,β-unsaturated/α-hetero) is 1. The molecule has 1 atom stereocenters. The Morgan fingerprint density at radius 1 is 0.968 bits per heavy atom. The second kappa shape index (κ2) is 7.84. The zero-order valence-corrected chi connectivity index (χ0v) is 17.4. The van der Waals surface area contributed by atoms with Crippen molar-refractivity contribution in [2.75, 3.05) is 11.4 Å². The maximum absolute atomic E-state index is 13.0. The second-order valence-corrected chi connectivity index (χ2v) is 8.03. The molecule has 5 heteroatoms. The van der Waals surface area contributed by atoms with Crippen LogP contribution in [0.3, 0.4) is 0 Å². The minimum absolute atomic E-state index is 0.0325. The molecule has 0 radical (unpaired) electrons. The van der Waals surface area contributed by atoms with Crippen LogP contribution in [0.15, 0.2) is 78.9 Å². The Labute approximate surface area is 180 Å². The molecule has 1 saturated heterocycles. The fourth-order valence-corrected chi connectivity index (χ4v) is 4.41. The van der Waals surface area contributed by atoms with Crippen molar-refractivity contribution >= 4 is 28.4 Å². The molecule has 1 aliphatic heterocycles. The van der Waals surface area contributed by atoms with Crippen LogP contribution < -0.4 is 4.90 Å². The van der Waals surface area contributed by atoms with Gasteiger partial charge in [-0.3, -0.25) is 9.59 Å². The first-order chi connectivity index (χ1) is 15.1. The first-order valence-electron chi connectivity index (χ1n) is 10.5. The van der Waals surface area contributed by atoms with Gasteiger partial charge in [0.05, 0.1) is 17.6 Å². The van der Waals surface area contributed by atoms with Gasteiger partial charge in [0, 0.05) is 30.1 Å². The molecule has 1 fully saturated rings. The van der Waals surface area contributed by atoms with E-state index in [2.05, 4.69) is 0 Å². The molecule has 0 unspecified atom stereocenters. The summed E-state index contributed by atoms with van der Waals surface area (Å²) in [7, 11) is 0. The van der Waals surface area contributed by atoms with Crippen molar-refractivity contribution in [2.24, 2.45) is 0 Å². The van der Waals surface area contributed by atoms with E-state index in [4.69, 9.17) is 4.98 Å². The quantitative estimate of drug-likeness (QED) is 0.447. The molecule has 0 bridgehead atoms. The Bertz CT molecular complexity index is 1280. The molecule has 5 rings (SSSR count). The molecular weight excluding hydrogens is 386 g/mol. The molecule has 3 aromatic carbocycles. The summed E-state index contributed by atoms with van der Waals surface area (Å²) in [5.74, 6) is 0.857. The fraction of sp³-hybridized carbons (Fsp3) is 0.192. The van der Waals surface area contributed by atoms with E-state index in [1.54, 1.807) is 0 Å². The average molecular weight is 409 g/mol. The van der Waals surface area contributed by atoms with E-state index in [0.29, 0.717) is 18.5 Å². The lowest BCUT2D eigenvalue weighted by atomic mass is 10.1. The number of carbonyl (C=O) groups excluding carboxylic acids is 2. The summed E-state index contributed by atoms with van der Waals surface area (Å²) < 4.78 is 1.99. The lowest BCUT2D eigenvalue weighted by Crippen LogP contribution is -2.25. The summed E-state index contributed by atoms with van der Waals surface area (Å²) in [6, 6.07) is 25.1. The van der Waals surface area contributed by atoms with E-state index < -0.39 is 0 Å². The molecule has 2 heterocycles. The third-order valence-electron chi connectivity index (χ3n) is 5.98. The number of imidazole rings is 1. The van der Waals surface area contributed by atoms with Gasteiger partial charge in [0.1, 0.15) is 5.82 Å². The molecular formula is C26H23N3O2. The van der Waals surface area contributed by atoms with Gasteiger partial charge < -0.3 is 9.47 Å². The van der Waals surface area contributed by atoms with Gasteiger partial charge in [-0.25, -0.2) is 4.98 Å². The summed E-state index contributed by atoms with van der Waals surface area (Å²) in [6.07, 6.45) is 0.386. The predicted molar refractivity (Wildman–Crippen MR) is 121 cm³/mol. The number of ketones is 1. The number of hydrogen-bond acceptors (Lipinski definition) is 3. The van der Waals surface area contributed by atoms with E-state index in [-0.39, 0.29) is 24.2 Å². The van der Waals surface area contributed by atoms with Crippen molar-refractivity contribution in [2.45, 2.75) is 25.8 Å². The molecule has 31 heavy (non-hydrogen) atoms. The first-order valence-corrected chi connectivity index (χ1v) is 10.5. The van der Waals surface area contributed by atoms with Crippen LogP contribution in [0.5, 0.6) is 0 Å². The highest BCUT2D eigenvalue weighted by Gasteiger charge is 2.35. The molecule has 1 aromatic heterocycles. The topological polar surface area (TPSA) is 55.2 Å². The number of fused-ring (bicyclic) bond motifs is 1. The fourth-order valence-electron chi connectivity index (χ4n) is 4.41. The third kappa shape index (κ3) is 3.52. The van der Waals surface area contributed by atoms with Crippen LogP contribution in [-0.2, 0) is 11.3 Å². The van der Waals surface area contributed by atoms with Crippen LogP contribution >= 0.6 is 0 Å². The van der Waals surface area contributed by atoms with E-state index in [1.807, 2.05) is 95.3 Å². The molecule has 0 saturated carbocycles. The van der Waals surface area contributed by atoms with Crippen LogP contribution in [0.2, 0.25) is 0 Å². The van der Waals surface area contributed by atoms with Crippen molar-refractivity contribution < 1.29 is 9.59 Å². The number of carbonyl (C=O) groups is 2. The molecule has 4 aromatic rings. The summed E-state index contributed by atoms with van der Waals surface area (Å²) in [5, 5.41) is 0. The van der Waals surface area contributed by atoms with Gasteiger partial charge in [-0.2, -0.15) is 0 Å². The van der Waals surface area contributed by atoms with Gasteiger partial charge in [-0.05, 0) is 30.7 Å². The Morgan fingerprint density at radius 2 is 1.68 bits per heavy atom. The van der Waals surface area contributed by atoms with Gasteiger partial charge in [-0.1, -0.05) is 60.7 Å². The number of aryl methyl sites for hydroxylation is 1. The zero-order valence-electron chi connectivity index (χ0n) is 17.4. The van der Waals surface area contributed by atoms with Crippen molar-refractivity contribution in [3.05, 3.63) is 95.8 Å². The SMILES string of the molecule is Cc1ccccc1N1C[C@H](c2nc3ccccc3n2CC(=O)c2ccccc2)CC1=O. The highest BCUT2D eigenvalue weighted by atomic mass is 16.2.